The van der Waals surface area contributed by atoms with Crippen LogP contribution in [-0.4, -0.2) is 0 Å². The summed E-state index contributed by atoms with van der Waals surface area (Å²) in [4.78, 5) is 0. The molecule has 0 spiro atoms. The van der Waals surface area contributed by atoms with Crippen molar-refractivity contribution in [3.05, 3.63) is 20.1 Å². The summed E-state index contributed by atoms with van der Waals surface area (Å²) in [6.45, 7) is 4.60. The molecule has 0 saturated carbocycles. The Morgan fingerprint density at radius 3 is 0.968 bits per heavy atom. The second kappa shape index (κ2) is 21.0. The van der Waals surface area contributed by atoms with Gasteiger partial charge in [0.15, 0.2) is 0 Å². The van der Waals surface area contributed by atoms with Gasteiger partial charge in [0, 0.05) is 15.4 Å². The Balaban J connectivity index is 2.08. The van der Waals surface area contributed by atoms with Crippen LogP contribution in [0.5, 0.6) is 0 Å². The molecule has 0 atom stereocenters. The van der Waals surface area contributed by atoms with Gasteiger partial charge in [0.25, 0.3) is 0 Å². The maximum Gasteiger partial charge on any atom is 0.0113 e. The molecule has 2 heteroatoms. The average Bonchev–Trinajstić information content (AvgIpc) is 3.03. The fourth-order valence-electron chi connectivity index (χ4n) is 4.83. The molecule has 0 radical (unpaired) electrons. The van der Waals surface area contributed by atoms with E-state index in [0.29, 0.717) is 0 Å². The van der Waals surface area contributed by atoms with Gasteiger partial charge in [-0.15, -0.1) is 0 Å². The molecule has 0 heterocycles. The second-order valence-corrected chi connectivity index (χ2v) is 11.7. The second-order valence-electron chi connectivity index (χ2n) is 9.81. The molecule has 0 saturated heterocycles. The molecule has 1 aliphatic carbocycles. The molecule has 0 unspecified atom stereocenters. The first kappa shape index (κ1) is 29.5. The summed E-state index contributed by atoms with van der Waals surface area (Å²) in [6.07, 6.45) is 32.1. The number of rotatable bonds is 22. The highest BCUT2D eigenvalue weighted by Gasteiger charge is 2.20. The zero-order valence-electron chi connectivity index (χ0n) is 21.0. The van der Waals surface area contributed by atoms with E-state index >= 15 is 0 Å². The smallest absolute Gasteiger partial charge is 0.0113 e. The lowest BCUT2D eigenvalue weighted by molar-refractivity contribution is 0.553. The van der Waals surface area contributed by atoms with Gasteiger partial charge in [-0.05, 0) is 36.8 Å². The first-order chi connectivity index (χ1) is 15.2. The summed E-state index contributed by atoms with van der Waals surface area (Å²) < 4.78 is 2.91. The molecule has 1 aliphatic rings. The molecule has 0 N–H and O–H groups in total. The fraction of sp³-hybridized carbons (Fsp3) is 0.862. The van der Waals surface area contributed by atoms with E-state index in [1.54, 1.807) is 11.1 Å². The molecule has 0 nitrogen and oxygen atoms in total. The standard InChI is InChI=1S/C29H52Br2/c1-3-5-7-9-11-13-15-17-19-21-23-26-27(29(31)25-28(26)30)24-22-20-18-16-14-12-10-8-6-4-2/h3-25H2,1-2H3. The van der Waals surface area contributed by atoms with Crippen molar-refractivity contribution in [2.24, 2.45) is 0 Å². The lowest BCUT2D eigenvalue weighted by atomic mass is 9.96. The molecule has 1 rings (SSSR count). The Kier molecular flexibility index (Phi) is 20.0. The Bertz CT molecular complexity index is 445. The van der Waals surface area contributed by atoms with Gasteiger partial charge >= 0.3 is 0 Å². The van der Waals surface area contributed by atoms with Crippen LogP contribution in [0.1, 0.15) is 162 Å². The van der Waals surface area contributed by atoms with Gasteiger partial charge < -0.3 is 0 Å². The summed E-state index contributed by atoms with van der Waals surface area (Å²) in [6, 6.07) is 0. The summed E-state index contributed by atoms with van der Waals surface area (Å²) in [7, 11) is 0. The van der Waals surface area contributed by atoms with E-state index in [4.69, 9.17) is 0 Å². The molecule has 0 aliphatic heterocycles. The topological polar surface area (TPSA) is 0 Å². The third kappa shape index (κ3) is 15.1. The maximum atomic E-state index is 3.89. The number of unbranched alkanes of at least 4 members (excludes halogenated alkanes) is 18. The highest BCUT2D eigenvalue weighted by atomic mass is 79.9. The zero-order valence-corrected chi connectivity index (χ0v) is 24.2. The third-order valence-corrected chi connectivity index (χ3v) is 8.41. The lowest BCUT2D eigenvalue weighted by Gasteiger charge is -2.11. The number of halogens is 2. The van der Waals surface area contributed by atoms with Crippen LogP contribution >= 0.6 is 31.9 Å². The predicted octanol–water partition coefficient (Wildman–Crippen LogP) is 12.3. The molecule has 0 bridgehead atoms. The van der Waals surface area contributed by atoms with Crippen molar-refractivity contribution in [3.63, 3.8) is 0 Å². The van der Waals surface area contributed by atoms with Gasteiger partial charge in [-0.1, -0.05) is 161 Å². The first-order valence-corrected chi connectivity index (χ1v) is 15.5. The largest absolute Gasteiger partial charge is 0.0654 e. The molecule has 0 amide bonds. The molecule has 0 aromatic rings. The molecule has 31 heavy (non-hydrogen) atoms. The minimum atomic E-state index is 1.10. The molecular formula is C29H52Br2. The Labute approximate surface area is 212 Å². The molecular weight excluding hydrogens is 508 g/mol. The maximum absolute atomic E-state index is 3.89. The predicted molar refractivity (Wildman–Crippen MR) is 149 cm³/mol. The van der Waals surface area contributed by atoms with Crippen molar-refractivity contribution in [2.75, 3.05) is 0 Å². The van der Waals surface area contributed by atoms with Crippen LogP contribution in [0.4, 0.5) is 0 Å². The van der Waals surface area contributed by atoms with Crippen molar-refractivity contribution in [1.29, 1.82) is 0 Å². The molecule has 0 aromatic carbocycles. The number of allylic oxidation sites excluding steroid dienone is 4. The van der Waals surface area contributed by atoms with Gasteiger partial charge in [0.1, 0.15) is 0 Å². The zero-order chi connectivity index (χ0) is 22.6. The normalized spacial score (nSPS) is 14.3. The first-order valence-electron chi connectivity index (χ1n) is 14.0. The minimum Gasteiger partial charge on any atom is -0.0654 e. The molecule has 182 valence electrons. The van der Waals surface area contributed by atoms with Crippen LogP contribution in [0, 0.1) is 0 Å². The van der Waals surface area contributed by atoms with E-state index in [1.165, 1.54) is 150 Å². The quantitative estimate of drug-likeness (QED) is 0.116. The van der Waals surface area contributed by atoms with Crippen LogP contribution in [0.15, 0.2) is 20.1 Å². The summed E-state index contributed by atoms with van der Waals surface area (Å²) in [5, 5.41) is 0. The minimum absolute atomic E-state index is 1.10. The SMILES string of the molecule is CCCCCCCCCCCCC1=C(Br)CC(Br)=C1CCCCCCCCCCCC. The highest BCUT2D eigenvalue weighted by molar-refractivity contribution is 9.12. The van der Waals surface area contributed by atoms with Crippen molar-refractivity contribution >= 4 is 31.9 Å². The fourth-order valence-corrected chi connectivity index (χ4v) is 6.64. The van der Waals surface area contributed by atoms with Crippen LogP contribution in [-0.2, 0) is 0 Å². The highest BCUT2D eigenvalue weighted by Crippen LogP contribution is 2.43. The summed E-state index contributed by atoms with van der Waals surface area (Å²) in [5.74, 6) is 0. The lowest BCUT2D eigenvalue weighted by Crippen LogP contribution is -1.92. The Morgan fingerprint density at radius 2 is 0.677 bits per heavy atom. The summed E-state index contributed by atoms with van der Waals surface area (Å²) >= 11 is 7.77. The number of hydrogen-bond acceptors (Lipinski definition) is 0. The van der Waals surface area contributed by atoms with Gasteiger partial charge in [0.2, 0.25) is 0 Å². The van der Waals surface area contributed by atoms with E-state index in [-0.39, 0.29) is 0 Å². The van der Waals surface area contributed by atoms with Crippen LogP contribution in [0.25, 0.3) is 0 Å². The van der Waals surface area contributed by atoms with Crippen molar-refractivity contribution in [1.82, 2.24) is 0 Å². The summed E-state index contributed by atoms with van der Waals surface area (Å²) in [5.41, 5.74) is 3.28. The average molecular weight is 561 g/mol. The van der Waals surface area contributed by atoms with E-state index < -0.39 is 0 Å². The molecule has 0 fully saturated rings. The van der Waals surface area contributed by atoms with E-state index in [2.05, 4.69) is 45.7 Å². The van der Waals surface area contributed by atoms with Crippen LogP contribution < -0.4 is 0 Å². The van der Waals surface area contributed by atoms with Gasteiger partial charge in [-0.2, -0.15) is 0 Å². The van der Waals surface area contributed by atoms with E-state index in [0.717, 1.165) is 6.42 Å². The van der Waals surface area contributed by atoms with Crippen molar-refractivity contribution in [2.45, 2.75) is 162 Å². The van der Waals surface area contributed by atoms with Gasteiger partial charge in [-0.25, -0.2) is 0 Å². The van der Waals surface area contributed by atoms with Crippen molar-refractivity contribution < 1.29 is 0 Å². The van der Waals surface area contributed by atoms with Gasteiger partial charge in [-0.3, -0.25) is 0 Å². The van der Waals surface area contributed by atoms with E-state index in [1.807, 2.05) is 0 Å². The third-order valence-electron chi connectivity index (χ3n) is 6.89. The number of hydrogen-bond donors (Lipinski definition) is 0. The Morgan fingerprint density at radius 1 is 0.419 bits per heavy atom. The van der Waals surface area contributed by atoms with Crippen LogP contribution in [0.2, 0.25) is 0 Å². The van der Waals surface area contributed by atoms with Crippen molar-refractivity contribution in [3.8, 4) is 0 Å². The monoisotopic (exact) mass is 558 g/mol. The van der Waals surface area contributed by atoms with Gasteiger partial charge in [0.05, 0.1) is 0 Å². The Hall–Kier alpha value is 0.440. The molecule has 0 aromatic heterocycles. The van der Waals surface area contributed by atoms with E-state index in [9.17, 15) is 0 Å². The van der Waals surface area contributed by atoms with Crippen LogP contribution in [0.3, 0.4) is 0 Å².